The SMILES string of the molecule is CC(C)C(CNCc1ccsc1)N1CCN(C)CC1. The number of hydrogen-bond acceptors (Lipinski definition) is 4. The van der Waals surface area contributed by atoms with E-state index in [0.29, 0.717) is 12.0 Å². The molecule has 1 fully saturated rings. The Morgan fingerprint density at radius 1 is 1.26 bits per heavy atom. The van der Waals surface area contributed by atoms with Crippen molar-refractivity contribution in [1.82, 2.24) is 15.1 Å². The fourth-order valence-corrected chi connectivity index (χ4v) is 3.37. The zero-order valence-electron chi connectivity index (χ0n) is 12.4. The average Bonchev–Trinajstić information content (AvgIpc) is 2.89. The molecule has 0 aliphatic carbocycles. The lowest BCUT2D eigenvalue weighted by Gasteiger charge is -2.40. The number of thiophene rings is 1. The number of nitrogens with one attached hydrogen (secondary N) is 1. The highest BCUT2D eigenvalue weighted by molar-refractivity contribution is 7.07. The molecule has 1 aliphatic rings. The molecule has 1 atom stereocenters. The predicted molar refractivity (Wildman–Crippen MR) is 83.7 cm³/mol. The topological polar surface area (TPSA) is 18.5 Å². The van der Waals surface area contributed by atoms with Crippen molar-refractivity contribution in [2.75, 3.05) is 39.8 Å². The van der Waals surface area contributed by atoms with Crippen LogP contribution in [-0.4, -0.2) is 55.6 Å². The van der Waals surface area contributed by atoms with Crippen LogP contribution in [0.4, 0.5) is 0 Å². The molecule has 19 heavy (non-hydrogen) atoms. The first-order valence-electron chi connectivity index (χ1n) is 7.31. The third-order valence-electron chi connectivity index (χ3n) is 4.04. The molecule has 0 bridgehead atoms. The summed E-state index contributed by atoms with van der Waals surface area (Å²) in [5.41, 5.74) is 1.41. The van der Waals surface area contributed by atoms with Crippen LogP contribution in [0.2, 0.25) is 0 Å². The van der Waals surface area contributed by atoms with Crippen LogP contribution in [0.25, 0.3) is 0 Å². The highest BCUT2D eigenvalue weighted by Gasteiger charge is 2.24. The number of hydrogen-bond donors (Lipinski definition) is 1. The van der Waals surface area contributed by atoms with E-state index in [9.17, 15) is 0 Å². The van der Waals surface area contributed by atoms with E-state index < -0.39 is 0 Å². The maximum absolute atomic E-state index is 3.63. The monoisotopic (exact) mass is 281 g/mol. The van der Waals surface area contributed by atoms with Gasteiger partial charge in [-0.25, -0.2) is 0 Å². The molecule has 1 N–H and O–H groups in total. The molecule has 0 amide bonds. The Morgan fingerprint density at radius 2 is 2.00 bits per heavy atom. The molecular weight excluding hydrogens is 254 g/mol. The number of piperazine rings is 1. The predicted octanol–water partition coefficient (Wildman–Crippen LogP) is 2.11. The van der Waals surface area contributed by atoms with Crippen LogP contribution in [0.3, 0.4) is 0 Å². The average molecular weight is 281 g/mol. The summed E-state index contributed by atoms with van der Waals surface area (Å²) in [5.74, 6) is 0.707. The molecule has 0 spiro atoms. The van der Waals surface area contributed by atoms with Gasteiger partial charge < -0.3 is 10.2 Å². The third kappa shape index (κ3) is 4.56. The summed E-state index contributed by atoms with van der Waals surface area (Å²) in [6.07, 6.45) is 0. The van der Waals surface area contributed by atoms with E-state index in [1.54, 1.807) is 11.3 Å². The van der Waals surface area contributed by atoms with Crippen molar-refractivity contribution in [1.29, 1.82) is 0 Å². The van der Waals surface area contributed by atoms with E-state index in [-0.39, 0.29) is 0 Å². The lowest BCUT2D eigenvalue weighted by Crippen LogP contribution is -2.53. The largest absolute Gasteiger partial charge is 0.311 e. The van der Waals surface area contributed by atoms with Gasteiger partial charge in [-0.15, -0.1) is 0 Å². The van der Waals surface area contributed by atoms with Crippen molar-refractivity contribution >= 4 is 11.3 Å². The second-order valence-electron chi connectivity index (χ2n) is 5.91. The summed E-state index contributed by atoms with van der Waals surface area (Å²) in [4.78, 5) is 5.08. The number of nitrogens with zero attached hydrogens (tertiary/aromatic N) is 2. The second-order valence-corrected chi connectivity index (χ2v) is 6.69. The van der Waals surface area contributed by atoms with Gasteiger partial charge in [-0.1, -0.05) is 13.8 Å². The Kier molecular flexibility index (Phi) is 5.82. The smallest absolute Gasteiger partial charge is 0.0244 e. The zero-order valence-corrected chi connectivity index (χ0v) is 13.2. The first-order chi connectivity index (χ1) is 9.16. The molecule has 0 saturated carbocycles. The molecule has 1 saturated heterocycles. The lowest BCUT2D eigenvalue weighted by atomic mass is 10.0. The summed E-state index contributed by atoms with van der Waals surface area (Å²) in [6.45, 7) is 11.6. The summed E-state index contributed by atoms with van der Waals surface area (Å²) >= 11 is 1.78. The molecule has 2 heterocycles. The lowest BCUT2D eigenvalue weighted by molar-refractivity contribution is 0.0875. The fourth-order valence-electron chi connectivity index (χ4n) is 2.70. The van der Waals surface area contributed by atoms with Crippen LogP contribution in [0.5, 0.6) is 0 Å². The minimum atomic E-state index is 0.660. The van der Waals surface area contributed by atoms with Crippen LogP contribution < -0.4 is 5.32 Å². The van der Waals surface area contributed by atoms with Gasteiger partial charge in [0, 0.05) is 45.3 Å². The van der Waals surface area contributed by atoms with Gasteiger partial charge in [0.2, 0.25) is 0 Å². The number of rotatable bonds is 6. The van der Waals surface area contributed by atoms with Gasteiger partial charge in [-0.05, 0) is 35.4 Å². The van der Waals surface area contributed by atoms with Crippen molar-refractivity contribution in [2.45, 2.75) is 26.4 Å². The van der Waals surface area contributed by atoms with Crippen molar-refractivity contribution in [3.8, 4) is 0 Å². The molecule has 1 aromatic rings. The van der Waals surface area contributed by atoms with Gasteiger partial charge in [0.15, 0.2) is 0 Å². The summed E-state index contributed by atoms with van der Waals surface area (Å²) in [7, 11) is 2.22. The molecule has 1 aliphatic heterocycles. The molecule has 3 nitrogen and oxygen atoms in total. The Balaban J connectivity index is 1.79. The Bertz CT molecular complexity index is 342. The summed E-state index contributed by atoms with van der Waals surface area (Å²) in [5, 5.41) is 8.01. The fraction of sp³-hybridized carbons (Fsp3) is 0.733. The molecule has 0 aromatic carbocycles. The molecule has 1 aromatic heterocycles. The normalized spacial score (nSPS) is 20.0. The maximum Gasteiger partial charge on any atom is 0.0244 e. The standard InChI is InChI=1S/C15H27N3S/c1-13(2)15(18-7-5-17(3)6-8-18)11-16-10-14-4-9-19-12-14/h4,9,12-13,15-16H,5-8,10-11H2,1-3H3. The minimum Gasteiger partial charge on any atom is -0.311 e. The number of likely N-dealkylation sites (N-methyl/N-ethyl adjacent to an activating group) is 1. The minimum absolute atomic E-state index is 0.660. The molecule has 4 heteroatoms. The third-order valence-corrected chi connectivity index (χ3v) is 4.77. The van der Waals surface area contributed by atoms with E-state index in [1.807, 2.05) is 0 Å². The van der Waals surface area contributed by atoms with Crippen molar-refractivity contribution in [3.05, 3.63) is 22.4 Å². The highest BCUT2D eigenvalue weighted by Crippen LogP contribution is 2.13. The van der Waals surface area contributed by atoms with E-state index in [1.165, 1.54) is 31.7 Å². The Morgan fingerprint density at radius 3 is 2.58 bits per heavy atom. The first kappa shape index (κ1) is 15.0. The summed E-state index contributed by atoms with van der Waals surface area (Å²) in [6, 6.07) is 2.87. The van der Waals surface area contributed by atoms with Crippen LogP contribution in [-0.2, 0) is 6.54 Å². The van der Waals surface area contributed by atoms with Gasteiger partial charge >= 0.3 is 0 Å². The highest BCUT2D eigenvalue weighted by atomic mass is 32.1. The molecule has 1 unspecified atom stereocenters. The summed E-state index contributed by atoms with van der Waals surface area (Å²) < 4.78 is 0. The van der Waals surface area contributed by atoms with Crippen LogP contribution in [0.1, 0.15) is 19.4 Å². The van der Waals surface area contributed by atoms with E-state index >= 15 is 0 Å². The first-order valence-corrected chi connectivity index (χ1v) is 8.25. The molecular formula is C15H27N3S. The van der Waals surface area contributed by atoms with Crippen molar-refractivity contribution < 1.29 is 0 Å². The Labute approximate surface area is 121 Å². The van der Waals surface area contributed by atoms with E-state index in [4.69, 9.17) is 0 Å². The maximum atomic E-state index is 3.63. The second kappa shape index (κ2) is 7.39. The molecule has 108 valence electrons. The van der Waals surface area contributed by atoms with Crippen LogP contribution in [0, 0.1) is 5.92 Å². The Hall–Kier alpha value is -0.420. The molecule has 2 rings (SSSR count). The van der Waals surface area contributed by atoms with E-state index in [0.717, 1.165) is 13.1 Å². The molecule has 0 radical (unpaired) electrons. The van der Waals surface area contributed by atoms with Gasteiger partial charge in [0.05, 0.1) is 0 Å². The van der Waals surface area contributed by atoms with Gasteiger partial charge in [-0.2, -0.15) is 11.3 Å². The van der Waals surface area contributed by atoms with Crippen molar-refractivity contribution in [2.24, 2.45) is 5.92 Å². The van der Waals surface area contributed by atoms with Gasteiger partial charge in [0.1, 0.15) is 0 Å². The van der Waals surface area contributed by atoms with Crippen LogP contribution in [0.15, 0.2) is 16.8 Å². The van der Waals surface area contributed by atoms with Crippen molar-refractivity contribution in [3.63, 3.8) is 0 Å². The van der Waals surface area contributed by atoms with E-state index in [2.05, 4.69) is 52.8 Å². The van der Waals surface area contributed by atoms with Gasteiger partial charge in [-0.3, -0.25) is 4.90 Å². The van der Waals surface area contributed by atoms with Crippen LogP contribution >= 0.6 is 11.3 Å². The zero-order chi connectivity index (χ0) is 13.7. The van der Waals surface area contributed by atoms with Gasteiger partial charge in [0.25, 0.3) is 0 Å². The quantitative estimate of drug-likeness (QED) is 0.861.